The average Bonchev–Trinajstić information content (AvgIpc) is 2.99. The van der Waals surface area contributed by atoms with E-state index in [1.165, 1.54) is 0 Å². The van der Waals surface area contributed by atoms with E-state index in [9.17, 15) is 14.4 Å². The smallest absolute Gasteiger partial charge is 0.255 e. The number of hydrogen-bond donors (Lipinski definition) is 2. The third-order valence-electron chi connectivity index (χ3n) is 7.78. The number of ether oxygens (including phenoxy) is 1. The van der Waals surface area contributed by atoms with Crippen molar-refractivity contribution in [1.29, 1.82) is 0 Å². The molecule has 2 atom stereocenters. The van der Waals surface area contributed by atoms with Gasteiger partial charge in [0.15, 0.2) is 0 Å². The van der Waals surface area contributed by atoms with Crippen molar-refractivity contribution < 1.29 is 14.3 Å². The number of fused-ring (bicyclic) bond motifs is 4. The van der Waals surface area contributed by atoms with Gasteiger partial charge < -0.3 is 24.8 Å². The van der Waals surface area contributed by atoms with Gasteiger partial charge in [-0.3, -0.25) is 14.4 Å². The lowest BCUT2D eigenvalue weighted by Gasteiger charge is -2.44. The van der Waals surface area contributed by atoms with Gasteiger partial charge in [-0.1, -0.05) is 17.7 Å². The van der Waals surface area contributed by atoms with Crippen LogP contribution in [0.1, 0.15) is 38.7 Å². The number of rotatable bonds is 6. The van der Waals surface area contributed by atoms with E-state index in [1.807, 2.05) is 22.8 Å². The van der Waals surface area contributed by atoms with Crippen LogP contribution in [0.4, 0.5) is 17.1 Å². The van der Waals surface area contributed by atoms with Crippen molar-refractivity contribution in [2.45, 2.75) is 18.9 Å². The van der Waals surface area contributed by atoms with Gasteiger partial charge in [0.2, 0.25) is 0 Å². The quantitative estimate of drug-likeness (QED) is 0.314. The van der Waals surface area contributed by atoms with Crippen LogP contribution in [0.15, 0.2) is 89.7 Å². The summed E-state index contributed by atoms with van der Waals surface area (Å²) in [7, 11) is 1.57. The number of nitrogens with zero attached hydrogens (tertiary/aromatic N) is 2. The van der Waals surface area contributed by atoms with Crippen molar-refractivity contribution in [3.8, 4) is 5.75 Å². The molecule has 0 radical (unpaired) electrons. The van der Waals surface area contributed by atoms with Gasteiger partial charge >= 0.3 is 0 Å². The van der Waals surface area contributed by atoms with Gasteiger partial charge in [0, 0.05) is 59.1 Å². The highest BCUT2D eigenvalue weighted by Gasteiger charge is 2.35. The summed E-state index contributed by atoms with van der Waals surface area (Å²) < 4.78 is 7.12. The second-order valence-electron chi connectivity index (χ2n) is 10.5. The van der Waals surface area contributed by atoms with Gasteiger partial charge in [-0.15, -0.1) is 0 Å². The first-order chi connectivity index (χ1) is 19.9. The molecule has 6 rings (SSSR count). The summed E-state index contributed by atoms with van der Waals surface area (Å²) in [4.78, 5) is 41.3. The minimum Gasteiger partial charge on any atom is -0.497 e. The third-order valence-corrected chi connectivity index (χ3v) is 8.03. The number of anilines is 3. The maximum Gasteiger partial charge on any atom is 0.255 e. The monoisotopic (exact) mass is 568 g/mol. The standard InChI is InChI=1S/C32H29ClN4O4/c1-41-26-12-5-21(6-13-26)31(39)35-27-16-22(32(40)34-25-10-8-24(33)9-11-25)7-14-29(27)36-17-20-15-23(19-36)28-3-2-4-30(38)37(28)18-20/h2-14,16,20,23H,15,17-19H2,1H3,(H,34,40)(H,35,39)/t20-,23+/m1/s1. The lowest BCUT2D eigenvalue weighted by atomic mass is 9.83. The second-order valence-corrected chi connectivity index (χ2v) is 10.9. The van der Waals surface area contributed by atoms with Gasteiger partial charge in [0.25, 0.3) is 17.4 Å². The Hall–Kier alpha value is -4.56. The summed E-state index contributed by atoms with van der Waals surface area (Å²) in [5, 5.41) is 6.51. The molecule has 41 heavy (non-hydrogen) atoms. The molecule has 1 aromatic heterocycles. The van der Waals surface area contributed by atoms with E-state index in [4.69, 9.17) is 16.3 Å². The van der Waals surface area contributed by atoms with Crippen LogP contribution in [0.2, 0.25) is 5.02 Å². The molecule has 2 amide bonds. The molecule has 8 nitrogen and oxygen atoms in total. The number of methoxy groups -OCH3 is 1. The fourth-order valence-corrected chi connectivity index (χ4v) is 5.95. The molecule has 2 bridgehead atoms. The summed E-state index contributed by atoms with van der Waals surface area (Å²) in [5.41, 5.74) is 3.94. The Balaban J connectivity index is 1.32. The molecular formula is C32H29ClN4O4. The van der Waals surface area contributed by atoms with Crippen molar-refractivity contribution in [2.24, 2.45) is 5.92 Å². The van der Waals surface area contributed by atoms with Crippen LogP contribution in [-0.4, -0.2) is 36.6 Å². The Morgan fingerprint density at radius 2 is 1.59 bits per heavy atom. The number of piperidine rings is 1. The minimum atomic E-state index is -0.303. The second kappa shape index (κ2) is 11.1. The van der Waals surface area contributed by atoms with E-state index in [-0.39, 0.29) is 23.3 Å². The van der Waals surface area contributed by atoms with Crippen LogP contribution in [0, 0.1) is 5.92 Å². The van der Waals surface area contributed by atoms with Crippen LogP contribution >= 0.6 is 11.6 Å². The molecule has 2 aliphatic rings. The fourth-order valence-electron chi connectivity index (χ4n) is 5.82. The first-order valence-electron chi connectivity index (χ1n) is 13.5. The molecule has 0 aliphatic carbocycles. The highest BCUT2D eigenvalue weighted by molar-refractivity contribution is 6.30. The lowest BCUT2D eigenvalue weighted by molar-refractivity contribution is 0.101. The number of pyridine rings is 1. The fraction of sp³-hybridized carbons (Fsp3) is 0.219. The molecule has 0 saturated carbocycles. The zero-order valence-corrected chi connectivity index (χ0v) is 23.2. The predicted molar refractivity (Wildman–Crippen MR) is 161 cm³/mol. The van der Waals surface area contributed by atoms with E-state index in [0.717, 1.165) is 24.3 Å². The zero-order valence-electron chi connectivity index (χ0n) is 22.5. The Kier molecular flexibility index (Phi) is 7.24. The van der Waals surface area contributed by atoms with Crippen molar-refractivity contribution in [1.82, 2.24) is 4.57 Å². The van der Waals surface area contributed by atoms with Crippen molar-refractivity contribution in [3.63, 3.8) is 0 Å². The Labute approximate surface area is 242 Å². The van der Waals surface area contributed by atoms with E-state index >= 15 is 0 Å². The zero-order chi connectivity index (χ0) is 28.5. The van der Waals surface area contributed by atoms with Gasteiger partial charge in [-0.05, 0) is 85.1 Å². The number of carbonyl (C=O) groups is 2. The Morgan fingerprint density at radius 1 is 0.854 bits per heavy atom. The van der Waals surface area contributed by atoms with Gasteiger partial charge in [-0.2, -0.15) is 0 Å². The molecule has 208 valence electrons. The minimum absolute atomic E-state index is 0.0362. The maximum atomic E-state index is 13.3. The third kappa shape index (κ3) is 5.56. The van der Waals surface area contributed by atoms with Crippen LogP contribution < -0.4 is 25.8 Å². The van der Waals surface area contributed by atoms with Gasteiger partial charge in [0.05, 0.1) is 18.5 Å². The largest absolute Gasteiger partial charge is 0.497 e. The summed E-state index contributed by atoms with van der Waals surface area (Å²) >= 11 is 5.98. The summed E-state index contributed by atoms with van der Waals surface area (Å²) in [6, 6.07) is 24.6. The van der Waals surface area contributed by atoms with Crippen molar-refractivity contribution in [2.75, 3.05) is 35.7 Å². The molecule has 1 saturated heterocycles. The van der Waals surface area contributed by atoms with Gasteiger partial charge in [0.1, 0.15) is 5.75 Å². The summed E-state index contributed by atoms with van der Waals surface area (Å²) in [6.45, 7) is 2.10. The number of halogens is 1. The molecule has 2 aliphatic heterocycles. The first kappa shape index (κ1) is 26.7. The van der Waals surface area contributed by atoms with E-state index in [2.05, 4.69) is 15.5 Å². The topological polar surface area (TPSA) is 92.7 Å². The molecule has 9 heteroatoms. The SMILES string of the molecule is COc1ccc(C(=O)Nc2cc(C(=O)Nc3ccc(Cl)cc3)ccc2N2C[C@H]3C[C@@H](C2)c2cccc(=O)n2C3)cc1. The van der Waals surface area contributed by atoms with Crippen LogP contribution in [0.5, 0.6) is 5.75 Å². The van der Waals surface area contributed by atoms with Crippen molar-refractivity contribution >= 4 is 40.5 Å². The Bertz CT molecular complexity index is 1670. The molecular weight excluding hydrogens is 540 g/mol. The number of carbonyl (C=O) groups excluding carboxylic acids is 2. The maximum absolute atomic E-state index is 13.3. The van der Waals surface area contributed by atoms with Crippen LogP contribution in [0.25, 0.3) is 0 Å². The number of aromatic nitrogens is 1. The van der Waals surface area contributed by atoms with E-state index in [0.29, 0.717) is 52.3 Å². The van der Waals surface area contributed by atoms with Gasteiger partial charge in [-0.25, -0.2) is 0 Å². The number of nitrogens with one attached hydrogen (secondary N) is 2. The first-order valence-corrected chi connectivity index (χ1v) is 13.9. The Morgan fingerprint density at radius 3 is 2.34 bits per heavy atom. The predicted octanol–water partition coefficient (Wildman–Crippen LogP) is 5.64. The molecule has 4 aromatic rings. The normalized spacial score (nSPS) is 17.4. The van der Waals surface area contributed by atoms with E-state index < -0.39 is 0 Å². The average molecular weight is 569 g/mol. The molecule has 0 spiro atoms. The highest BCUT2D eigenvalue weighted by atomic mass is 35.5. The molecule has 0 unspecified atom stereocenters. The number of benzene rings is 3. The summed E-state index contributed by atoms with van der Waals surface area (Å²) in [5.74, 6) is 0.539. The summed E-state index contributed by atoms with van der Waals surface area (Å²) in [6.07, 6.45) is 1.01. The lowest BCUT2D eigenvalue weighted by Crippen LogP contribution is -2.47. The van der Waals surface area contributed by atoms with Crippen molar-refractivity contribution in [3.05, 3.63) is 117 Å². The molecule has 2 N–H and O–H groups in total. The molecule has 3 heterocycles. The highest BCUT2D eigenvalue weighted by Crippen LogP contribution is 2.39. The molecule has 1 fully saturated rings. The van der Waals surface area contributed by atoms with Crippen LogP contribution in [0.3, 0.4) is 0 Å². The van der Waals surface area contributed by atoms with E-state index in [1.54, 1.807) is 73.8 Å². The number of amides is 2. The number of hydrogen-bond acceptors (Lipinski definition) is 5. The molecule has 3 aromatic carbocycles. The van der Waals surface area contributed by atoms with Crippen LogP contribution in [-0.2, 0) is 6.54 Å².